The molecule has 1 unspecified atom stereocenters. The molecule has 9 heteroatoms. The molecule has 0 saturated carbocycles. The number of fused-ring (bicyclic) bond motifs is 6. The summed E-state index contributed by atoms with van der Waals surface area (Å²) in [4.78, 5) is 23.8. The number of rotatable bonds is 2. The number of aromatic amines is 1. The van der Waals surface area contributed by atoms with E-state index < -0.39 is 23.9 Å². The van der Waals surface area contributed by atoms with Crippen molar-refractivity contribution in [2.45, 2.75) is 104 Å². The minimum Gasteiger partial charge on any atom is -0.488 e. The van der Waals surface area contributed by atoms with Crippen LogP contribution in [0.5, 0.6) is 5.75 Å². The highest BCUT2D eigenvalue weighted by molar-refractivity contribution is 6.62. The first-order valence-corrected chi connectivity index (χ1v) is 15.7. The maximum Gasteiger partial charge on any atom is 0.494 e. The number of hydrogen-bond donors (Lipinski definition) is 1. The third-order valence-corrected chi connectivity index (χ3v) is 10.0. The monoisotopic (exact) mass is 595 g/mol. The molecule has 2 fully saturated rings. The Kier molecular flexibility index (Phi) is 6.44. The number of hydrogen-bond acceptors (Lipinski definition) is 6. The topological polar surface area (TPSA) is 85.9 Å². The molecule has 3 aliphatic rings. The van der Waals surface area contributed by atoms with Gasteiger partial charge in [-0.1, -0.05) is 31.2 Å². The minimum absolute atomic E-state index is 0.0468. The SMILES string of the molecule is CC1C[C@@H](c2nc3c(ccc4cc5c(cc43)OCc3cc(B4OC(C)(C)C(C)(C)O4)ccc3-5)[nH]2)N(C(=O)OC(C)(C)C)[C@@H]1C. The summed E-state index contributed by atoms with van der Waals surface area (Å²) in [7, 11) is -0.414. The van der Waals surface area contributed by atoms with Gasteiger partial charge in [0.2, 0.25) is 0 Å². The number of nitrogens with one attached hydrogen (secondary N) is 1. The number of carbonyl (C=O) groups excluding carboxylic acids is 1. The minimum atomic E-state index is -0.567. The molecular weight excluding hydrogens is 553 g/mol. The highest BCUT2D eigenvalue weighted by atomic mass is 16.7. The molecule has 2 saturated heterocycles. The predicted octanol–water partition coefficient (Wildman–Crippen LogP) is 7.28. The van der Waals surface area contributed by atoms with Crippen LogP contribution < -0.4 is 10.2 Å². The van der Waals surface area contributed by atoms with Crippen molar-refractivity contribution in [2.24, 2.45) is 5.92 Å². The Hall–Kier alpha value is -3.56. The fourth-order valence-electron chi connectivity index (χ4n) is 6.68. The number of H-pyrrole nitrogens is 1. The number of nitrogens with zero attached hydrogens (tertiary/aromatic N) is 2. The zero-order valence-electron chi connectivity index (χ0n) is 27.2. The van der Waals surface area contributed by atoms with E-state index >= 15 is 0 Å². The second-order valence-electron chi connectivity index (χ2n) is 14.8. The lowest BCUT2D eigenvalue weighted by atomic mass is 9.77. The number of aromatic nitrogens is 2. The maximum atomic E-state index is 13.3. The van der Waals surface area contributed by atoms with Crippen LogP contribution in [0.15, 0.2) is 42.5 Å². The van der Waals surface area contributed by atoms with Gasteiger partial charge in [0.1, 0.15) is 23.8 Å². The van der Waals surface area contributed by atoms with E-state index in [4.69, 9.17) is 23.8 Å². The van der Waals surface area contributed by atoms with Gasteiger partial charge in [-0.3, -0.25) is 4.90 Å². The predicted molar refractivity (Wildman–Crippen MR) is 173 cm³/mol. The van der Waals surface area contributed by atoms with Crippen molar-refractivity contribution in [3.8, 4) is 16.9 Å². The first-order chi connectivity index (χ1) is 20.6. The number of likely N-dealkylation sites (tertiary alicyclic amines) is 1. The van der Waals surface area contributed by atoms with Crippen LogP contribution in [0.3, 0.4) is 0 Å². The fraction of sp³-hybridized carbons (Fsp3) is 0.486. The molecule has 7 rings (SSSR count). The Morgan fingerprint density at radius 2 is 1.75 bits per heavy atom. The summed E-state index contributed by atoms with van der Waals surface area (Å²) in [6.45, 7) is 18.7. The summed E-state index contributed by atoms with van der Waals surface area (Å²) in [6, 6.07) is 14.8. The van der Waals surface area contributed by atoms with Crippen LogP contribution in [0, 0.1) is 5.92 Å². The van der Waals surface area contributed by atoms with Crippen molar-refractivity contribution in [1.82, 2.24) is 14.9 Å². The summed E-state index contributed by atoms with van der Waals surface area (Å²) in [5.74, 6) is 1.95. The molecule has 1 aromatic heterocycles. The molecule has 44 heavy (non-hydrogen) atoms. The normalized spacial score (nSPS) is 24.0. The Bertz CT molecular complexity index is 1790. The zero-order chi connectivity index (χ0) is 31.3. The van der Waals surface area contributed by atoms with E-state index in [2.05, 4.69) is 89.0 Å². The van der Waals surface area contributed by atoms with Gasteiger partial charge in [0.05, 0.1) is 28.3 Å². The van der Waals surface area contributed by atoms with Crippen LogP contribution in [0.2, 0.25) is 0 Å². The number of imidazole rings is 1. The van der Waals surface area contributed by atoms with Gasteiger partial charge in [-0.05, 0) is 108 Å². The van der Waals surface area contributed by atoms with Crippen LogP contribution in [-0.2, 0) is 20.7 Å². The number of carbonyl (C=O) groups is 1. The average Bonchev–Trinajstić information content (AvgIpc) is 3.57. The van der Waals surface area contributed by atoms with Crippen molar-refractivity contribution in [3.05, 3.63) is 53.9 Å². The highest BCUT2D eigenvalue weighted by Crippen LogP contribution is 2.44. The Balaban J connectivity index is 1.23. The molecule has 3 atom stereocenters. The zero-order valence-corrected chi connectivity index (χ0v) is 27.2. The van der Waals surface area contributed by atoms with Gasteiger partial charge < -0.3 is 23.8 Å². The molecule has 1 amide bonds. The molecule has 4 aromatic rings. The molecule has 8 nitrogen and oxygen atoms in total. The molecular formula is C35H42BN3O5. The van der Waals surface area contributed by atoms with E-state index in [9.17, 15) is 4.79 Å². The van der Waals surface area contributed by atoms with E-state index in [-0.39, 0.29) is 18.2 Å². The molecule has 0 spiro atoms. The van der Waals surface area contributed by atoms with Crippen LogP contribution >= 0.6 is 0 Å². The number of amides is 1. The quantitative estimate of drug-likeness (QED) is 0.245. The number of benzene rings is 3. The number of ether oxygens (including phenoxy) is 2. The molecule has 3 aromatic carbocycles. The smallest absolute Gasteiger partial charge is 0.488 e. The van der Waals surface area contributed by atoms with E-state index in [1.807, 2.05) is 25.7 Å². The molecule has 1 N–H and O–H groups in total. The van der Waals surface area contributed by atoms with Gasteiger partial charge in [-0.2, -0.15) is 0 Å². The summed E-state index contributed by atoms with van der Waals surface area (Å²) < 4.78 is 24.7. The van der Waals surface area contributed by atoms with Crippen LogP contribution in [0.1, 0.15) is 86.2 Å². The van der Waals surface area contributed by atoms with Crippen molar-refractivity contribution >= 4 is 40.5 Å². The summed E-state index contributed by atoms with van der Waals surface area (Å²) in [6.07, 6.45) is 0.522. The molecule has 0 aliphatic carbocycles. The van der Waals surface area contributed by atoms with E-state index in [1.54, 1.807) is 0 Å². The van der Waals surface area contributed by atoms with Gasteiger partial charge in [0.25, 0.3) is 0 Å². The highest BCUT2D eigenvalue weighted by Gasteiger charge is 2.52. The molecule has 4 heterocycles. The summed E-state index contributed by atoms with van der Waals surface area (Å²) in [5.41, 5.74) is 4.78. The standard InChI is InChI=1S/C35H42BN3O5/c1-19-14-28(39(20(19)2)32(40)42-33(3,4)5)31-37-27-13-10-21-16-26-24-12-11-23(36-43-34(6,7)35(8,9)44-36)15-22(24)18-41-29(26)17-25(21)30(27)38-31/h10-13,15-17,19-20,28H,14,18H2,1-9H3,(H,37,38)/t19?,20-,28+/m1/s1. The largest absolute Gasteiger partial charge is 0.494 e. The van der Waals surface area contributed by atoms with Gasteiger partial charge in [0.15, 0.2) is 0 Å². The van der Waals surface area contributed by atoms with Gasteiger partial charge >= 0.3 is 13.2 Å². The van der Waals surface area contributed by atoms with Crippen LogP contribution in [0.4, 0.5) is 4.79 Å². The lowest BCUT2D eigenvalue weighted by Crippen LogP contribution is -2.41. The first kappa shape index (κ1) is 29.2. The Labute approximate surface area is 259 Å². The van der Waals surface area contributed by atoms with Crippen LogP contribution in [-0.4, -0.2) is 50.9 Å². The summed E-state index contributed by atoms with van der Waals surface area (Å²) in [5, 5.41) is 2.10. The lowest BCUT2D eigenvalue weighted by molar-refractivity contribution is 0.00578. The van der Waals surface area contributed by atoms with E-state index in [1.165, 1.54) is 0 Å². The second kappa shape index (κ2) is 9.72. The average molecular weight is 596 g/mol. The fourth-order valence-corrected chi connectivity index (χ4v) is 6.68. The van der Waals surface area contributed by atoms with Gasteiger partial charge in [0, 0.05) is 17.0 Å². The third kappa shape index (κ3) is 4.67. The Morgan fingerprint density at radius 1 is 1.02 bits per heavy atom. The van der Waals surface area contributed by atoms with Crippen molar-refractivity contribution in [3.63, 3.8) is 0 Å². The van der Waals surface area contributed by atoms with Crippen molar-refractivity contribution in [2.75, 3.05) is 0 Å². The first-order valence-electron chi connectivity index (χ1n) is 15.7. The molecule has 0 bridgehead atoms. The molecule has 230 valence electrons. The molecule has 0 radical (unpaired) electrons. The third-order valence-electron chi connectivity index (χ3n) is 10.0. The van der Waals surface area contributed by atoms with Crippen molar-refractivity contribution < 1.29 is 23.6 Å². The lowest BCUT2D eigenvalue weighted by Gasteiger charge is -2.32. The van der Waals surface area contributed by atoms with Gasteiger partial charge in [-0.15, -0.1) is 0 Å². The second-order valence-corrected chi connectivity index (χ2v) is 14.8. The van der Waals surface area contributed by atoms with Crippen molar-refractivity contribution in [1.29, 1.82) is 0 Å². The Morgan fingerprint density at radius 3 is 2.45 bits per heavy atom. The van der Waals surface area contributed by atoms with E-state index in [0.717, 1.165) is 62.0 Å². The molecule has 3 aliphatic heterocycles. The van der Waals surface area contributed by atoms with E-state index in [0.29, 0.717) is 12.5 Å². The van der Waals surface area contributed by atoms with Crippen LogP contribution in [0.25, 0.3) is 32.9 Å². The summed E-state index contributed by atoms with van der Waals surface area (Å²) >= 11 is 0. The maximum absolute atomic E-state index is 13.3. The van der Waals surface area contributed by atoms with Gasteiger partial charge in [-0.25, -0.2) is 9.78 Å².